The topological polar surface area (TPSA) is 71.0 Å². The van der Waals surface area contributed by atoms with Crippen LogP contribution in [0.1, 0.15) is 18.3 Å². The van der Waals surface area contributed by atoms with Crippen molar-refractivity contribution in [3.05, 3.63) is 35.7 Å². The summed E-state index contributed by atoms with van der Waals surface area (Å²) in [6.07, 6.45) is 0.274. The molecule has 1 atom stereocenters. The van der Waals surface area contributed by atoms with Crippen LogP contribution in [0.4, 0.5) is 0 Å². The van der Waals surface area contributed by atoms with Gasteiger partial charge in [-0.05, 0) is 24.6 Å². The van der Waals surface area contributed by atoms with Crippen molar-refractivity contribution >= 4 is 11.8 Å². The van der Waals surface area contributed by atoms with Crippen LogP contribution in [0.15, 0.2) is 29.4 Å². The van der Waals surface area contributed by atoms with Crippen molar-refractivity contribution in [1.29, 1.82) is 0 Å². The highest BCUT2D eigenvalue weighted by atomic mass is 32.2. The summed E-state index contributed by atoms with van der Waals surface area (Å²) < 4.78 is 5.55. The quantitative estimate of drug-likeness (QED) is 0.766. The molecule has 0 fully saturated rings. The molecule has 1 unspecified atom stereocenters. The van der Waals surface area contributed by atoms with E-state index in [1.165, 1.54) is 11.8 Å². The molecule has 0 aliphatic heterocycles. The minimum atomic E-state index is -0.552. The molecule has 0 radical (unpaired) electrons. The predicted octanol–water partition coefficient (Wildman–Crippen LogP) is 2.21. The third kappa shape index (κ3) is 4.54. The van der Waals surface area contributed by atoms with Crippen LogP contribution < -0.4 is 4.74 Å². The maximum atomic E-state index is 9.89. The van der Waals surface area contributed by atoms with Gasteiger partial charge in [-0.2, -0.15) is 0 Å². The molecule has 0 saturated heterocycles. The van der Waals surface area contributed by atoms with Gasteiger partial charge in [0.1, 0.15) is 18.2 Å². The first-order valence-corrected chi connectivity index (χ1v) is 7.57. The third-order valence-corrected chi connectivity index (χ3v) is 3.68. The minimum Gasteiger partial charge on any atom is -0.491 e. The molecule has 1 aromatic heterocycles. The summed E-state index contributed by atoms with van der Waals surface area (Å²) in [5.74, 6) is 2.14. The fraction of sp³-hybridized carbons (Fsp3) is 0.429. The first kappa shape index (κ1) is 14.9. The standard InChI is InChI=1S/C14H19N3O2S/c1-3-13-15-14(17-16-13)20-9-11(18)8-19-12-6-4-5-10(2)7-12/h4-7,11,18H,3,8-9H2,1-2H3,(H,15,16,17). The second-order valence-corrected chi connectivity index (χ2v) is 5.50. The minimum absolute atomic E-state index is 0.265. The van der Waals surface area contributed by atoms with E-state index >= 15 is 0 Å². The third-order valence-electron chi connectivity index (χ3n) is 2.68. The first-order chi connectivity index (χ1) is 9.67. The second kappa shape index (κ2) is 7.31. The number of nitrogens with one attached hydrogen (secondary N) is 1. The number of rotatable bonds is 7. The summed E-state index contributed by atoms with van der Waals surface area (Å²) in [7, 11) is 0. The summed E-state index contributed by atoms with van der Waals surface area (Å²) in [4.78, 5) is 4.27. The Kier molecular flexibility index (Phi) is 5.43. The predicted molar refractivity (Wildman–Crippen MR) is 79.2 cm³/mol. The van der Waals surface area contributed by atoms with Gasteiger partial charge in [0.05, 0.1) is 6.10 Å². The van der Waals surface area contributed by atoms with E-state index in [2.05, 4.69) is 15.2 Å². The molecule has 0 saturated carbocycles. The van der Waals surface area contributed by atoms with Crippen LogP contribution in [0.25, 0.3) is 0 Å². The Hall–Kier alpha value is -1.53. The molecule has 5 nitrogen and oxygen atoms in total. The van der Waals surface area contributed by atoms with Crippen LogP contribution in [0.2, 0.25) is 0 Å². The molecule has 0 aliphatic rings. The van der Waals surface area contributed by atoms with Crippen molar-refractivity contribution in [2.45, 2.75) is 31.5 Å². The SMILES string of the molecule is CCc1nc(SCC(O)COc2cccc(C)c2)n[nH]1. The van der Waals surface area contributed by atoms with Crippen molar-refractivity contribution in [3.63, 3.8) is 0 Å². The lowest BCUT2D eigenvalue weighted by molar-refractivity contribution is 0.126. The van der Waals surface area contributed by atoms with Gasteiger partial charge in [-0.1, -0.05) is 30.8 Å². The number of aryl methyl sites for hydroxylation is 2. The van der Waals surface area contributed by atoms with Crippen molar-refractivity contribution < 1.29 is 9.84 Å². The maximum Gasteiger partial charge on any atom is 0.208 e. The van der Waals surface area contributed by atoms with E-state index in [1.54, 1.807) is 0 Å². The molecule has 2 aromatic rings. The van der Waals surface area contributed by atoms with E-state index in [4.69, 9.17) is 4.74 Å². The number of aliphatic hydroxyl groups excluding tert-OH is 1. The van der Waals surface area contributed by atoms with Crippen LogP contribution in [-0.2, 0) is 6.42 Å². The molecule has 108 valence electrons. The van der Waals surface area contributed by atoms with Crippen molar-refractivity contribution in [3.8, 4) is 5.75 Å². The average molecular weight is 293 g/mol. The van der Waals surface area contributed by atoms with Crippen LogP contribution in [0.3, 0.4) is 0 Å². The van der Waals surface area contributed by atoms with E-state index in [1.807, 2.05) is 38.1 Å². The first-order valence-electron chi connectivity index (χ1n) is 6.59. The molecular formula is C14H19N3O2S. The number of hydrogen-bond acceptors (Lipinski definition) is 5. The van der Waals surface area contributed by atoms with Crippen molar-refractivity contribution in [2.24, 2.45) is 0 Å². The molecule has 1 heterocycles. The number of thioether (sulfide) groups is 1. The lowest BCUT2D eigenvalue weighted by atomic mass is 10.2. The number of nitrogens with zero attached hydrogens (tertiary/aromatic N) is 2. The summed E-state index contributed by atoms with van der Waals surface area (Å²) >= 11 is 1.42. The Morgan fingerprint density at radius 1 is 1.45 bits per heavy atom. The zero-order valence-electron chi connectivity index (χ0n) is 11.7. The Balaban J connectivity index is 1.73. The van der Waals surface area contributed by atoms with Gasteiger partial charge in [-0.15, -0.1) is 5.10 Å². The number of aromatic amines is 1. The van der Waals surface area contributed by atoms with Gasteiger partial charge in [-0.25, -0.2) is 4.98 Å². The molecule has 20 heavy (non-hydrogen) atoms. The van der Waals surface area contributed by atoms with Crippen LogP contribution in [0, 0.1) is 6.92 Å². The molecule has 6 heteroatoms. The van der Waals surface area contributed by atoms with Gasteiger partial charge in [0.2, 0.25) is 5.16 Å². The molecule has 1 aromatic carbocycles. The lowest BCUT2D eigenvalue weighted by Crippen LogP contribution is -2.20. The largest absolute Gasteiger partial charge is 0.491 e. The van der Waals surface area contributed by atoms with E-state index in [0.29, 0.717) is 10.9 Å². The monoisotopic (exact) mass is 293 g/mol. The molecule has 2 N–H and O–H groups in total. The van der Waals surface area contributed by atoms with Crippen molar-refractivity contribution in [1.82, 2.24) is 15.2 Å². The van der Waals surface area contributed by atoms with Gasteiger partial charge in [0.15, 0.2) is 0 Å². The number of aliphatic hydroxyl groups is 1. The maximum absolute atomic E-state index is 9.89. The Labute approximate surface area is 122 Å². The summed E-state index contributed by atoms with van der Waals surface area (Å²) in [5.41, 5.74) is 1.14. The van der Waals surface area contributed by atoms with E-state index in [9.17, 15) is 5.11 Å². The summed E-state index contributed by atoms with van der Waals surface area (Å²) in [6.45, 7) is 4.29. The Morgan fingerprint density at radius 2 is 2.30 bits per heavy atom. The highest BCUT2D eigenvalue weighted by molar-refractivity contribution is 7.99. The molecule has 0 spiro atoms. The fourth-order valence-corrected chi connectivity index (χ4v) is 2.34. The smallest absolute Gasteiger partial charge is 0.208 e. The molecule has 0 amide bonds. The molecule has 2 rings (SSSR count). The lowest BCUT2D eigenvalue weighted by Gasteiger charge is -2.11. The van der Waals surface area contributed by atoms with Gasteiger partial charge >= 0.3 is 0 Å². The number of H-pyrrole nitrogens is 1. The highest BCUT2D eigenvalue weighted by Crippen LogP contribution is 2.16. The highest BCUT2D eigenvalue weighted by Gasteiger charge is 2.09. The number of ether oxygens (including phenoxy) is 1. The summed E-state index contributed by atoms with van der Waals surface area (Å²) in [6, 6.07) is 7.78. The normalized spacial score (nSPS) is 12.3. The van der Waals surface area contributed by atoms with Crippen molar-refractivity contribution in [2.75, 3.05) is 12.4 Å². The van der Waals surface area contributed by atoms with Crippen LogP contribution >= 0.6 is 11.8 Å². The molecule has 0 bridgehead atoms. The van der Waals surface area contributed by atoms with Gasteiger partial charge in [0.25, 0.3) is 0 Å². The zero-order chi connectivity index (χ0) is 14.4. The zero-order valence-corrected chi connectivity index (χ0v) is 12.5. The number of aromatic nitrogens is 3. The fourth-order valence-electron chi connectivity index (χ4n) is 1.62. The van der Waals surface area contributed by atoms with E-state index < -0.39 is 6.10 Å². The Morgan fingerprint density at radius 3 is 3.00 bits per heavy atom. The molecular weight excluding hydrogens is 274 g/mol. The number of benzene rings is 1. The van der Waals surface area contributed by atoms with E-state index in [0.717, 1.165) is 23.6 Å². The van der Waals surface area contributed by atoms with Crippen LogP contribution in [-0.4, -0.2) is 38.8 Å². The Bertz CT molecular complexity index is 545. The average Bonchev–Trinajstić information content (AvgIpc) is 2.91. The van der Waals surface area contributed by atoms with Gasteiger partial charge in [0, 0.05) is 12.2 Å². The van der Waals surface area contributed by atoms with Gasteiger partial charge in [-0.3, -0.25) is 5.10 Å². The van der Waals surface area contributed by atoms with Crippen LogP contribution in [0.5, 0.6) is 5.75 Å². The molecule has 0 aliphatic carbocycles. The number of hydrogen-bond donors (Lipinski definition) is 2. The summed E-state index contributed by atoms with van der Waals surface area (Å²) in [5, 5.41) is 17.5. The van der Waals surface area contributed by atoms with E-state index in [-0.39, 0.29) is 6.61 Å². The second-order valence-electron chi connectivity index (χ2n) is 4.51. The van der Waals surface area contributed by atoms with Gasteiger partial charge < -0.3 is 9.84 Å².